The molecule has 14 heavy (non-hydrogen) atoms. The van der Waals surface area contributed by atoms with Gasteiger partial charge in [-0.3, -0.25) is 9.20 Å². The maximum atomic E-state index is 11.4. The van der Waals surface area contributed by atoms with Crippen LogP contribution in [0.15, 0.2) is 29.2 Å². The van der Waals surface area contributed by atoms with Crippen LogP contribution in [0.5, 0.6) is 0 Å². The first kappa shape index (κ1) is 7.82. The van der Waals surface area contributed by atoms with Crippen LogP contribution in [-0.4, -0.2) is 22.5 Å². The van der Waals surface area contributed by atoms with Gasteiger partial charge in [-0.05, 0) is 6.07 Å². The fraction of sp³-hybridized carbons (Fsp3) is 0.300. The highest BCUT2D eigenvalue weighted by Crippen LogP contribution is 2.18. The Morgan fingerprint density at radius 1 is 1.36 bits per heavy atom. The van der Waals surface area contributed by atoms with Gasteiger partial charge in [0.15, 0.2) is 0 Å². The highest BCUT2D eigenvalue weighted by atomic mass is 16.1. The van der Waals surface area contributed by atoms with E-state index < -0.39 is 0 Å². The third-order valence-corrected chi connectivity index (χ3v) is 2.75. The van der Waals surface area contributed by atoms with Crippen LogP contribution in [0.1, 0.15) is 11.6 Å². The molecule has 0 amide bonds. The molecule has 1 aliphatic heterocycles. The van der Waals surface area contributed by atoms with Crippen molar-refractivity contribution in [1.29, 1.82) is 0 Å². The molecule has 0 saturated carbocycles. The summed E-state index contributed by atoms with van der Waals surface area (Å²) >= 11 is 0. The highest BCUT2D eigenvalue weighted by molar-refractivity contribution is 5.40. The molecule has 0 bridgehead atoms. The van der Waals surface area contributed by atoms with Gasteiger partial charge >= 0.3 is 0 Å². The number of fused-ring (bicyclic) bond motifs is 1. The summed E-state index contributed by atoms with van der Waals surface area (Å²) in [4.78, 5) is 14.7. The zero-order valence-electron chi connectivity index (χ0n) is 7.66. The summed E-state index contributed by atoms with van der Waals surface area (Å²) in [5, 5.41) is 3.21. The van der Waals surface area contributed by atoms with Crippen LogP contribution in [0.2, 0.25) is 0 Å². The van der Waals surface area contributed by atoms with E-state index in [1.807, 2.05) is 12.3 Å². The van der Waals surface area contributed by atoms with Gasteiger partial charge in [0.2, 0.25) is 0 Å². The van der Waals surface area contributed by atoms with Gasteiger partial charge in [0.05, 0.1) is 0 Å². The lowest BCUT2D eigenvalue weighted by atomic mass is 10.0. The van der Waals surface area contributed by atoms with Crippen molar-refractivity contribution in [1.82, 2.24) is 14.7 Å². The van der Waals surface area contributed by atoms with Gasteiger partial charge in [0, 0.05) is 37.0 Å². The number of H-pyrrole nitrogens is 1. The van der Waals surface area contributed by atoms with Crippen LogP contribution >= 0.6 is 0 Å². The number of hydrogen-bond donors (Lipinski definition) is 2. The minimum absolute atomic E-state index is 0.0253. The third kappa shape index (κ3) is 1.01. The van der Waals surface area contributed by atoms with Crippen molar-refractivity contribution in [2.45, 2.75) is 5.92 Å². The van der Waals surface area contributed by atoms with E-state index in [1.165, 1.54) is 0 Å². The molecule has 0 aromatic carbocycles. The second-order valence-corrected chi connectivity index (χ2v) is 3.68. The fourth-order valence-corrected chi connectivity index (χ4v) is 1.77. The molecule has 2 aromatic rings. The van der Waals surface area contributed by atoms with Crippen molar-refractivity contribution in [3.63, 3.8) is 0 Å². The fourth-order valence-electron chi connectivity index (χ4n) is 1.77. The van der Waals surface area contributed by atoms with Crippen molar-refractivity contribution in [2.75, 3.05) is 13.1 Å². The maximum absolute atomic E-state index is 11.4. The minimum atomic E-state index is 0.0253. The van der Waals surface area contributed by atoms with Gasteiger partial charge < -0.3 is 10.3 Å². The normalized spacial score (nSPS) is 17.1. The first-order valence-corrected chi connectivity index (χ1v) is 4.75. The molecule has 0 radical (unpaired) electrons. The average molecular weight is 189 g/mol. The molecule has 72 valence electrons. The van der Waals surface area contributed by atoms with E-state index >= 15 is 0 Å². The van der Waals surface area contributed by atoms with Crippen molar-refractivity contribution in [3.8, 4) is 0 Å². The summed E-state index contributed by atoms with van der Waals surface area (Å²) in [6.45, 7) is 2.00. The Morgan fingerprint density at radius 3 is 2.86 bits per heavy atom. The molecule has 0 atom stereocenters. The Morgan fingerprint density at radius 2 is 2.21 bits per heavy atom. The number of aromatic amines is 1. The smallest absolute Gasteiger partial charge is 0.256 e. The van der Waals surface area contributed by atoms with Gasteiger partial charge in [-0.25, -0.2) is 0 Å². The highest BCUT2D eigenvalue weighted by Gasteiger charge is 2.20. The number of pyridine rings is 1. The first-order valence-electron chi connectivity index (χ1n) is 4.75. The summed E-state index contributed by atoms with van der Waals surface area (Å²) in [5.74, 6) is 0.536. The maximum Gasteiger partial charge on any atom is 0.256 e. The number of hydrogen-bond acceptors (Lipinski definition) is 2. The standard InChI is InChI=1S/C10H11N3O/c14-10-3-1-2-9-12-8(6-13(9)10)7-4-11-5-7/h1-3,6-7,11-12H,4-5H2. The largest absolute Gasteiger partial charge is 0.343 e. The summed E-state index contributed by atoms with van der Waals surface area (Å²) in [7, 11) is 0. The zero-order valence-corrected chi connectivity index (χ0v) is 7.66. The minimum Gasteiger partial charge on any atom is -0.343 e. The molecule has 0 unspecified atom stereocenters. The van der Waals surface area contributed by atoms with Gasteiger partial charge in [-0.1, -0.05) is 6.07 Å². The van der Waals surface area contributed by atoms with Crippen molar-refractivity contribution in [3.05, 3.63) is 40.4 Å². The molecular weight excluding hydrogens is 178 g/mol. The molecule has 4 nitrogen and oxygen atoms in total. The second-order valence-electron chi connectivity index (χ2n) is 3.68. The van der Waals surface area contributed by atoms with Crippen LogP contribution in [0.4, 0.5) is 0 Å². The number of aromatic nitrogens is 2. The summed E-state index contributed by atoms with van der Waals surface area (Å²) in [5.41, 5.74) is 2.05. The molecular formula is C10H11N3O. The molecule has 0 aliphatic carbocycles. The van der Waals surface area contributed by atoms with Gasteiger partial charge in [0.1, 0.15) is 5.65 Å². The lowest BCUT2D eigenvalue weighted by Crippen LogP contribution is -2.40. The molecule has 3 heterocycles. The van der Waals surface area contributed by atoms with E-state index in [-0.39, 0.29) is 5.56 Å². The summed E-state index contributed by atoms with van der Waals surface area (Å²) < 4.78 is 1.66. The van der Waals surface area contributed by atoms with Gasteiger partial charge in [-0.15, -0.1) is 0 Å². The number of imidazole rings is 1. The Hall–Kier alpha value is -1.55. The van der Waals surface area contributed by atoms with Crippen LogP contribution in [0, 0.1) is 0 Å². The van der Waals surface area contributed by atoms with E-state index in [9.17, 15) is 4.79 Å². The zero-order chi connectivity index (χ0) is 9.54. The van der Waals surface area contributed by atoms with Crippen molar-refractivity contribution >= 4 is 5.65 Å². The first-order chi connectivity index (χ1) is 6.84. The Kier molecular flexibility index (Phi) is 1.52. The van der Waals surface area contributed by atoms with Crippen molar-refractivity contribution in [2.24, 2.45) is 0 Å². The average Bonchev–Trinajstić information content (AvgIpc) is 2.46. The van der Waals surface area contributed by atoms with Gasteiger partial charge in [-0.2, -0.15) is 0 Å². The predicted molar refractivity (Wildman–Crippen MR) is 53.6 cm³/mol. The molecule has 1 fully saturated rings. The third-order valence-electron chi connectivity index (χ3n) is 2.75. The van der Waals surface area contributed by atoms with E-state index in [1.54, 1.807) is 16.5 Å². The number of nitrogens with one attached hydrogen (secondary N) is 2. The van der Waals surface area contributed by atoms with E-state index in [2.05, 4.69) is 10.3 Å². The van der Waals surface area contributed by atoms with E-state index in [4.69, 9.17) is 0 Å². The molecule has 3 rings (SSSR count). The number of nitrogens with zero attached hydrogens (tertiary/aromatic N) is 1. The van der Waals surface area contributed by atoms with Gasteiger partial charge in [0.25, 0.3) is 5.56 Å². The van der Waals surface area contributed by atoms with Crippen LogP contribution in [0.25, 0.3) is 5.65 Å². The summed E-state index contributed by atoms with van der Waals surface area (Å²) in [6.07, 6.45) is 1.91. The number of rotatable bonds is 1. The van der Waals surface area contributed by atoms with Crippen LogP contribution in [0.3, 0.4) is 0 Å². The Labute approximate surface area is 80.6 Å². The molecule has 1 aliphatic rings. The van der Waals surface area contributed by atoms with E-state index in [0.717, 1.165) is 24.4 Å². The molecule has 2 aromatic heterocycles. The lowest BCUT2D eigenvalue weighted by molar-refractivity contribution is 0.441. The molecule has 2 N–H and O–H groups in total. The van der Waals surface area contributed by atoms with Crippen molar-refractivity contribution < 1.29 is 0 Å². The topological polar surface area (TPSA) is 49.3 Å². The SMILES string of the molecule is O=c1cccc2[nH]c(C3CNC3)cn12. The van der Waals surface area contributed by atoms with E-state index in [0.29, 0.717) is 5.92 Å². The lowest BCUT2D eigenvalue weighted by Gasteiger charge is -2.25. The van der Waals surface area contributed by atoms with Crippen LogP contribution in [-0.2, 0) is 0 Å². The van der Waals surface area contributed by atoms with Crippen LogP contribution < -0.4 is 10.9 Å². The molecule has 4 heteroatoms. The Bertz CT molecular complexity index is 521. The Balaban J connectivity index is 2.19. The molecule has 1 saturated heterocycles. The summed E-state index contributed by atoms with van der Waals surface area (Å²) in [6, 6.07) is 5.26. The quantitative estimate of drug-likeness (QED) is 0.678. The monoisotopic (exact) mass is 189 g/mol. The predicted octanol–water partition coefficient (Wildman–Crippen LogP) is 0.314. The molecule has 0 spiro atoms. The second kappa shape index (κ2) is 2.72.